The molecule has 2 unspecified atom stereocenters. The van der Waals surface area contributed by atoms with Crippen molar-refractivity contribution in [3.05, 3.63) is 47.8 Å². The van der Waals surface area contributed by atoms with Gasteiger partial charge in [-0.3, -0.25) is 4.79 Å². The van der Waals surface area contributed by atoms with Gasteiger partial charge in [-0.2, -0.15) is 18.3 Å². The molecule has 3 heterocycles. The molecule has 1 amide bonds. The lowest BCUT2D eigenvalue weighted by molar-refractivity contribution is -0.142. The number of carbonyl (C=O) groups excluding carboxylic acids is 1. The molecule has 0 radical (unpaired) electrons. The fourth-order valence-electron chi connectivity index (χ4n) is 4.21. The Kier molecular flexibility index (Phi) is 4.46. The molecule has 27 heavy (non-hydrogen) atoms. The molecule has 0 aliphatic carbocycles. The van der Waals surface area contributed by atoms with Crippen LogP contribution in [0.3, 0.4) is 0 Å². The first kappa shape index (κ1) is 18.0. The molecule has 144 valence electrons. The molecule has 2 saturated heterocycles. The van der Waals surface area contributed by atoms with Gasteiger partial charge in [-0.05, 0) is 49.9 Å². The van der Waals surface area contributed by atoms with Crippen LogP contribution >= 0.6 is 0 Å². The molecule has 5 nitrogen and oxygen atoms in total. The molecule has 1 aromatic carbocycles. The van der Waals surface area contributed by atoms with Gasteiger partial charge in [0.2, 0.25) is 0 Å². The lowest BCUT2D eigenvalue weighted by Gasteiger charge is -2.35. The third-order valence-corrected chi connectivity index (χ3v) is 5.59. The molecule has 2 aliphatic heterocycles. The third kappa shape index (κ3) is 3.45. The van der Waals surface area contributed by atoms with Crippen molar-refractivity contribution in [1.82, 2.24) is 20.0 Å². The average molecular weight is 378 g/mol. The molecule has 1 N–H and O–H groups in total. The first-order valence-corrected chi connectivity index (χ1v) is 9.08. The Morgan fingerprint density at radius 2 is 1.93 bits per heavy atom. The van der Waals surface area contributed by atoms with Gasteiger partial charge in [0.1, 0.15) is 5.69 Å². The maximum absolute atomic E-state index is 13.1. The lowest BCUT2D eigenvalue weighted by Crippen LogP contribution is -2.48. The van der Waals surface area contributed by atoms with Gasteiger partial charge in [-0.1, -0.05) is 6.07 Å². The maximum Gasteiger partial charge on any atom is 0.433 e. The summed E-state index contributed by atoms with van der Waals surface area (Å²) in [5, 5.41) is 7.33. The van der Waals surface area contributed by atoms with Crippen molar-refractivity contribution in [3.8, 4) is 5.69 Å². The zero-order valence-corrected chi connectivity index (χ0v) is 14.9. The molecule has 0 spiro atoms. The molecular weight excluding hydrogens is 357 g/mol. The number of hydrogen-bond acceptors (Lipinski definition) is 3. The molecule has 2 bridgehead atoms. The van der Waals surface area contributed by atoms with Crippen molar-refractivity contribution in [1.29, 1.82) is 0 Å². The summed E-state index contributed by atoms with van der Waals surface area (Å²) < 4.78 is 40.2. The molecule has 1 aromatic heterocycles. The van der Waals surface area contributed by atoms with Crippen LogP contribution in [-0.2, 0) is 6.18 Å². The molecule has 2 aliphatic rings. The summed E-state index contributed by atoms with van der Waals surface area (Å²) in [6, 6.07) is 8.18. The fraction of sp³-hybridized carbons (Fsp3) is 0.474. The molecule has 4 rings (SSSR count). The van der Waals surface area contributed by atoms with E-state index in [1.807, 2.05) is 0 Å². The minimum Gasteiger partial charge on any atom is -0.339 e. The molecular formula is C19H21F3N4O. The number of fused-ring (bicyclic) bond motifs is 2. The minimum absolute atomic E-state index is 0.148. The quantitative estimate of drug-likeness (QED) is 0.892. The zero-order chi connectivity index (χ0) is 19.2. The third-order valence-electron chi connectivity index (χ3n) is 5.59. The topological polar surface area (TPSA) is 50.2 Å². The van der Waals surface area contributed by atoms with Crippen LogP contribution in [0.4, 0.5) is 13.2 Å². The van der Waals surface area contributed by atoms with Crippen LogP contribution in [0.1, 0.15) is 41.7 Å². The second-order valence-corrected chi connectivity index (χ2v) is 7.36. The normalized spacial score (nSPS) is 24.8. The summed E-state index contributed by atoms with van der Waals surface area (Å²) in [5.74, 6) is -0.177. The van der Waals surface area contributed by atoms with Crippen LogP contribution < -0.4 is 5.32 Å². The van der Waals surface area contributed by atoms with Gasteiger partial charge >= 0.3 is 6.18 Å². The molecule has 0 saturated carbocycles. The number of nitrogens with zero attached hydrogens (tertiary/aromatic N) is 3. The van der Waals surface area contributed by atoms with Gasteiger partial charge in [-0.25, -0.2) is 4.68 Å². The zero-order valence-electron chi connectivity index (χ0n) is 14.9. The highest BCUT2D eigenvalue weighted by Crippen LogP contribution is 2.32. The van der Waals surface area contributed by atoms with Gasteiger partial charge in [-0.15, -0.1) is 0 Å². The van der Waals surface area contributed by atoms with Crippen molar-refractivity contribution >= 4 is 5.91 Å². The van der Waals surface area contributed by atoms with E-state index in [4.69, 9.17) is 0 Å². The van der Waals surface area contributed by atoms with Crippen molar-refractivity contribution in [3.63, 3.8) is 0 Å². The summed E-state index contributed by atoms with van der Waals surface area (Å²) >= 11 is 0. The Morgan fingerprint density at radius 1 is 1.22 bits per heavy atom. The monoisotopic (exact) mass is 378 g/mol. The smallest absolute Gasteiger partial charge is 0.339 e. The Labute approximate surface area is 155 Å². The SMILES string of the molecule is CN(C(=O)c1cccc(-n2nccc2C(F)(F)F)c1)C1CC2CCC(C1)N2. The van der Waals surface area contributed by atoms with Crippen LogP contribution in [0, 0.1) is 0 Å². The lowest BCUT2D eigenvalue weighted by atomic mass is 9.98. The van der Waals surface area contributed by atoms with E-state index in [-0.39, 0.29) is 17.6 Å². The van der Waals surface area contributed by atoms with E-state index < -0.39 is 11.9 Å². The van der Waals surface area contributed by atoms with Crippen LogP contribution in [0.15, 0.2) is 36.5 Å². The Balaban J connectivity index is 1.57. The number of piperidine rings is 1. The number of aromatic nitrogens is 2. The van der Waals surface area contributed by atoms with Gasteiger partial charge in [0.25, 0.3) is 5.91 Å². The largest absolute Gasteiger partial charge is 0.433 e. The number of alkyl halides is 3. The summed E-state index contributed by atoms with van der Waals surface area (Å²) in [4.78, 5) is 14.7. The first-order chi connectivity index (χ1) is 12.8. The van der Waals surface area contributed by atoms with Crippen LogP contribution in [0.5, 0.6) is 0 Å². The summed E-state index contributed by atoms with van der Waals surface area (Å²) in [6.45, 7) is 0. The van der Waals surface area contributed by atoms with E-state index in [0.717, 1.165) is 42.6 Å². The molecule has 2 aromatic rings. The second kappa shape index (κ2) is 6.67. The number of rotatable bonds is 3. The Morgan fingerprint density at radius 3 is 2.59 bits per heavy atom. The van der Waals surface area contributed by atoms with E-state index >= 15 is 0 Å². The highest BCUT2D eigenvalue weighted by Gasteiger charge is 2.37. The van der Waals surface area contributed by atoms with Gasteiger partial charge in [0.05, 0.1) is 11.9 Å². The van der Waals surface area contributed by atoms with Crippen LogP contribution in [-0.4, -0.2) is 45.8 Å². The Hall–Kier alpha value is -2.35. The Bertz CT molecular complexity index is 835. The van der Waals surface area contributed by atoms with Crippen molar-refractivity contribution in [2.75, 3.05) is 7.05 Å². The number of carbonyl (C=O) groups is 1. The minimum atomic E-state index is -4.51. The fourth-order valence-corrected chi connectivity index (χ4v) is 4.21. The van der Waals surface area contributed by atoms with E-state index in [2.05, 4.69) is 10.4 Å². The predicted octanol–water partition coefficient (Wildman–Crippen LogP) is 3.25. The van der Waals surface area contributed by atoms with Crippen molar-refractivity contribution in [2.24, 2.45) is 0 Å². The molecule has 2 atom stereocenters. The molecule has 2 fully saturated rings. The summed E-state index contributed by atoms with van der Waals surface area (Å²) in [6.07, 6.45) is 0.692. The first-order valence-electron chi connectivity index (χ1n) is 9.08. The van der Waals surface area contributed by atoms with Gasteiger partial charge in [0, 0.05) is 30.7 Å². The number of hydrogen-bond donors (Lipinski definition) is 1. The highest BCUT2D eigenvalue weighted by molar-refractivity contribution is 5.94. The summed E-state index contributed by atoms with van der Waals surface area (Å²) in [5.41, 5.74) is -0.281. The van der Waals surface area contributed by atoms with E-state index in [1.54, 1.807) is 24.1 Å². The van der Waals surface area contributed by atoms with E-state index in [9.17, 15) is 18.0 Å². The predicted molar refractivity (Wildman–Crippen MR) is 93.6 cm³/mol. The van der Waals surface area contributed by atoms with Crippen molar-refractivity contribution < 1.29 is 18.0 Å². The van der Waals surface area contributed by atoms with E-state index in [0.29, 0.717) is 17.6 Å². The van der Waals surface area contributed by atoms with Gasteiger partial charge in [0.15, 0.2) is 0 Å². The van der Waals surface area contributed by atoms with Crippen molar-refractivity contribution in [2.45, 2.75) is 50.0 Å². The maximum atomic E-state index is 13.1. The number of halogens is 3. The number of amides is 1. The number of nitrogens with one attached hydrogen (secondary N) is 1. The highest BCUT2D eigenvalue weighted by atomic mass is 19.4. The van der Waals surface area contributed by atoms with Gasteiger partial charge < -0.3 is 10.2 Å². The second-order valence-electron chi connectivity index (χ2n) is 7.36. The summed E-state index contributed by atoms with van der Waals surface area (Å²) in [7, 11) is 1.78. The van der Waals surface area contributed by atoms with Crippen LogP contribution in [0.25, 0.3) is 5.69 Å². The standard InChI is InChI=1S/C19H21F3N4O/c1-25(16-10-13-5-6-14(11-16)24-13)18(27)12-3-2-4-15(9-12)26-17(7-8-23-26)19(20,21)22/h2-4,7-9,13-14,16,24H,5-6,10-11H2,1H3. The van der Waals surface area contributed by atoms with Crippen LogP contribution in [0.2, 0.25) is 0 Å². The average Bonchev–Trinajstić information content (AvgIpc) is 3.27. The van der Waals surface area contributed by atoms with E-state index in [1.165, 1.54) is 12.1 Å². The molecule has 8 heteroatoms. The number of benzene rings is 1.